The van der Waals surface area contributed by atoms with Crippen molar-refractivity contribution in [2.24, 2.45) is 0 Å². The largest absolute Gasteiger partial charge is 0.361 e. The average Bonchev–Trinajstić information content (AvgIpc) is 3.33. The Hall–Kier alpha value is -3.67. The minimum atomic E-state index is -0.101. The molecule has 0 aliphatic carbocycles. The van der Waals surface area contributed by atoms with E-state index in [1.165, 1.54) is 0 Å². The molecular formula is C24H24N4O2. The lowest BCUT2D eigenvalue weighted by atomic mass is 10.0. The summed E-state index contributed by atoms with van der Waals surface area (Å²) in [4.78, 5) is 15.1. The lowest BCUT2D eigenvalue weighted by Gasteiger charge is -2.17. The Kier molecular flexibility index (Phi) is 5.23. The molecule has 0 N–H and O–H groups in total. The van der Waals surface area contributed by atoms with Gasteiger partial charge in [0, 0.05) is 24.4 Å². The first-order chi connectivity index (χ1) is 14.5. The summed E-state index contributed by atoms with van der Waals surface area (Å²) in [6, 6.07) is 17.8. The van der Waals surface area contributed by atoms with Gasteiger partial charge in [-0.2, -0.15) is 5.10 Å². The maximum Gasteiger partial charge on any atom is 0.257 e. The molecular weight excluding hydrogens is 376 g/mol. The summed E-state index contributed by atoms with van der Waals surface area (Å²) in [5.74, 6) is 0.627. The molecule has 0 radical (unpaired) electrons. The molecule has 0 bridgehead atoms. The maximum atomic E-state index is 13.5. The summed E-state index contributed by atoms with van der Waals surface area (Å²) >= 11 is 0. The third-order valence-electron chi connectivity index (χ3n) is 5.29. The number of amides is 1. The third kappa shape index (κ3) is 3.64. The summed E-state index contributed by atoms with van der Waals surface area (Å²) in [5, 5.41) is 8.78. The molecule has 4 rings (SSSR count). The standard InChI is InChI=1S/C24H24N4O2/c1-16-10-8-9-13-20(16)23-22(15-28(25-23)19-11-6-5-7-12-19)24(29)27(4)14-21-17(2)26-30-18(21)3/h5-13,15H,14H2,1-4H3. The van der Waals surface area contributed by atoms with Crippen molar-refractivity contribution in [1.29, 1.82) is 0 Å². The average molecular weight is 400 g/mol. The van der Waals surface area contributed by atoms with Gasteiger partial charge in [-0.1, -0.05) is 47.6 Å². The van der Waals surface area contributed by atoms with Gasteiger partial charge < -0.3 is 9.42 Å². The van der Waals surface area contributed by atoms with Crippen LogP contribution in [0.3, 0.4) is 0 Å². The highest BCUT2D eigenvalue weighted by Gasteiger charge is 2.24. The second-order valence-corrected chi connectivity index (χ2v) is 7.45. The monoisotopic (exact) mass is 400 g/mol. The molecule has 6 heteroatoms. The number of carbonyl (C=O) groups excluding carboxylic acids is 1. The minimum Gasteiger partial charge on any atom is -0.361 e. The van der Waals surface area contributed by atoms with Crippen LogP contribution in [0.2, 0.25) is 0 Å². The number of carbonyl (C=O) groups is 1. The van der Waals surface area contributed by atoms with Crippen molar-refractivity contribution >= 4 is 5.91 Å². The molecule has 4 aromatic rings. The van der Waals surface area contributed by atoms with E-state index in [0.29, 0.717) is 17.8 Å². The van der Waals surface area contributed by atoms with Crippen LogP contribution in [0.1, 0.15) is 32.9 Å². The van der Waals surface area contributed by atoms with Crippen molar-refractivity contribution in [1.82, 2.24) is 19.8 Å². The van der Waals surface area contributed by atoms with E-state index in [4.69, 9.17) is 9.62 Å². The van der Waals surface area contributed by atoms with Gasteiger partial charge in [0.1, 0.15) is 11.5 Å². The predicted octanol–water partition coefficient (Wildman–Crippen LogP) is 4.72. The third-order valence-corrected chi connectivity index (χ3v) is 5.29. The van der Waals surface area contributed by atoms with E-state index in [1.54, 1.807) is 16.6 Å². The summed E-state index contributed by atoms with van der Waals surface area (Å²) in [5.41, 5.74) is 5.87. The number of aryl methyl sites for hydroxylation is 3. The van der Waals surface area contributed by atoms with E-state index in [2.05, 4.69) is 5.16 Å². The molecule has 0 spiro atoms. The van der Waals surface area contributed by atoms with Gasteiger partial charge >= 0.3 is 0 Å². The molecule has 152 valence electrons. The molecule has 6 nitrogen and oxygen atoms in total. The highest BCUT2D eigenvalue weighted by molar-refractivity contribution is 6.00. The smallest absolute Gasteiger partial charge is 0.257 e. The summed E-state index contributed by atoms with van der Waals surface area (Å²) in [7, 11) is 1.79. The molecule has 0 atom stereocenters. The molecule has 0 fully saturated rings. The SMILES string of the molecule is Cc1ccccc1-c1nn(-c2ccccc2)cc1C(=O)N(C)Cc1c(C)noc1C. The minimum absolute atomic E-state index is 0.101. The highest BCUT2D eigenvalue weighted by atomic mass is 16.5. The zero-order valence-electron chi connectivity index (χ0n) is 17.6. The van der Waals surface area contributed by atoms with Crippen LogP contribution in [-0.4, -0.2) is 32.8 Å². The molecule has 2 heterocycles. The zero-order chi connectivity index (χ0) is 21.3. The Balaban J connectivity index is 1.76. The lowest BCUT2D eigenvalue weighted by molar-refractivity contribution is 0.0785. The number of nitrogens with zero attached hydrogens (tertiary/aromatic N) is 4. The van der Waals surface area contributed by atoms with E-state index in [0.717, 1.165) is 33.8 Å². The van der Waals surface area contributed by atoms with Gasteiger partial charge in [-0.3, -0.25) is 4.79 Å². The fourth-order valence-electron chi connectivity index (χ4n) is 3.52. The fourth-order valence-corrected chi connectivity index (χ4v) is 3.52. The van der Waals surface area contributed by atoms with Gasteiger partial charge in [-0.05, 0) is 38.5 Å². The Bertz CT molecular complexity index is 1170. The van der Waals surface area contributed by atoms with E-state index in [9.17, 15) is 4.79 Å². The Morgan fingerprint density at radius 1 is 1.03 bits per heavy atom. The molecule has 1 amide bonds. The van der Waals surface area contributed by atoms with Crippen LogP contribution in [0, 0.1) is 20.8 Å². The van der Waals surface area contributed by atoms with Crippen molar-refractivity contribution in [2.75, 3.05) is 7.05 Å². The molecule has 0 saturated heterocycles. The van der Waals surface area contributed by atoms with E-state index in [1.807, 2.05) is 81.6 Å². The van der Waals surface area contributed by atoms with E-state index < -0.39 is 0 Å². The normalized spacial score (nSPS) is 10.9. The van der Waals surface area contributed by atoms with Gasteiger partial charge in [0.15, 0.2) is 0 Å². The molecule has 2 aromatic carbocycles. The number of hydrogen-bond acceptors (Lipinski definition) is 4. The first kappa shape index (κ1) is 19.6. The second-order valence-electron chi connectivity index (χ2n) is 7.45. The zero-order valence-corrected chi connectivity index (χ0v) is 17.6. The summed E-state index contributed by atoms with van der Waals surface area (Å²) < 4.78 is 7.01. The first-order valence-electron chi connectivity index (χ1n) is 9.84. The van der Waals surface area contributed by atoms with Crippen LogP contribution >= 0.6 is 0 Å². The maximum absolute atomic E-state index is 13.5. The molecule has 2 aromatic heterocycles. The van der Waals surface area contributed by atoms with Crippen LogP contribution < -0.4 is 0 Å². The van der Waals surface area contributed by atoms with Gasteiger partial charge in [-0.25, -0.2) is 4.68 Å². The number of hydrogen-bond donors (Lipinski definition) is 0. The van der Waals surface area contributed by atoms with Gasteiger partial charge in [0.2, 0.25) is 0 Å². The number of para-hydroxylation sites is 1. The van der Waals surface area contributed by atoms with E-state index >= 15 is 0 Å². The van der Waals surface area contributed by atoms with Gasteiger partial charge in [-0.15, -0.1) is 0 Å². The Labute approximate surface area is 175 Å². The predicted molar refractivity (Wildman–Crippen MR) is 116 cm³/mol. The van der Waals surface area contributed by atoms with Crippen LogP contribution in [0.4, 0.5) is 0 Å². The number of rotatable bonds is 5. The summed E-state index contributed by atoms with van der Waals surface area (Å²) in [6.45, 7) is 6.19. The molecule has 30 heavy (non-hydrogen) atoms. The van der Waals surface area contributed by atoms with Crippen molar-refractivity contribution in [3.05, 3.63) is 88.9 Å². The Morgan fingerprint density at radius 3 is 2.40 bits per heavy atom. The van der Waals surface area contributed by atoms with Crippen molar-refractivity contribution in [2.45, 2.75) is 27.3 Å². The molecule has 0 saturated carbocycles. The highest BCUT2D eigenvalue weighted by Crippen LogP contribution is 2.28. The lowest BCUT2D eigenvalue weighted by Crippen LogP contribution is -2.26. The van der Waals surface area contributed by atoms with Crippen LogP contribution in [0.25, 0.3) is 16.9 Å². The number of aromatic nitrogens is 3. The summed E-state index contributed by atoms with van der Waals surface area (Å²) in [6.07, 6.45) is 1.81. The van der Waals surface area contributed by atoms with Gasteiger partial charge in [0.25, 0.3) is 5.91 Å². The topological polar surface area (TPSA) is 64.2 Å². The Morgan fingerprint density at radius 2 is 1.73 bits per heavy atom. The number of benzene rings is 2. The molecule has 0 aliphatic rings. The fraction of sp³-hybridized carbons (Fsp3) is 0.208. The van der Waals surface area contributed by atoms with Crippen LogP contribution in [-0.2, 0) is 6.54 Å². The van der Waals surface area contributed by atoms with Crippen LogP contribution in [0.5, 0.6) is 0 Å². The van der Waals surface area contributed by atoms with Crippen LogP contribution in [0.15, 0.2) is 65.3 Å². The van der Waals surface area contributed by atoms with Gasteiger partial charge in [0.05, 0.1) is 23.5 Å². The first-order valence-corrected chi connectivity index (χ1v) is 9.84. The molecule has 0 aliphatic heterocycles. The quantitative estimate of drug-likeness (QED) is 0.486. The van der Waals surface area contributed by atoms with Crippen molar-refractivity contribution in [3.63, 3.8) is 0 Å². The van der Waals surface area contributed by atoms with Crippen molar-refractivity contribution in [3.8, 4) is 16.9 Å². The second kappa shape index (κ2) is 7.99. The van der Waals surface area contributed by atoms with Crippen molar-refractivity contribution < 1.29 is 9.32 Å². The van der Waals surface area contributed by atoms with E-state index in [-0.39, 0.29) is 5.91 Å². The molecule has 0 unspecified atom stereocenters.